The molecule has 0 aliphatic rings. The molecule has 0 radical (unpaired) electrons. The van der Waals surface area contributed by atoms with Crippen LogP contribution in [0.1, 0.15) is 16.7 Å². The molecule has 0 saturated carbocycles. The van der Waals surface area contributed by atoms with Crippen LogP contribution >= 0.6 is 46.4 Å². The third kappa shape index (κ3) is 3.89. The molecule has 1 atom stereocenters. The van der Waals surface area contributed by atoms with Crippen LogP contribution in [0, 0.1) is 0 Å². The molecule has 152 valence electrons. The van der Waals surface area contributed by atoms with Gasteiger partial charge in [0, 0.05) is 21.7 Å². The summed E-state index contributed by atoms with van der Waals surface area (Å²) in [5.41, 5.74) is -0.346. The zero-order valence-electron chi connectivity index (χ0n) is 14.3. The predicted octanol–water partition coefficient (Wildman–Crippen LogP) is 5.89. The van der Waals surface area contributed by atoms with E-state index in [1.54, 1.807) is 0 Å². The Kier molecular flexibility index (Phi) is 5.98. The fourth-order valence-electron chi connectivity index (χ4n) is 3.21. The number of phenolic OH excluding ortho intramolecular Hbond substituents is 2. The van der Waals surface area contributed by atoms with Gasteiger partial charge in [-0.1, -0.05) is 58.5 Å². The smallest absolute Gasteiger partial charge is 0.283 e. The SMILES string of the molecule is O=S(=O)(O)C(c1ccc(Cl)cc1)(c1cc(O)cc(Cl)c1)c1cc(O)cc(Cl)c1Cl. The van der Waals surface area contributed by atoms with E-state index < -0.39 is 14.9 Å². The van der Waals surface area contributed by atoms with E-state index in [1.807, 2.05) is 0 Å². The standard InChI is InChI=1S/C19H12Cl4O5S/c20-12-3-1-10(2-4-12)19(29(26,27)28,11-5-13(21)7-14(24)6-11)16-8-15(25)9-17(22)18(16)23/h1-9,24-25H,(H,26,27,28). The average Bonchev–Trinajstić information content (AvgIpc) is 2.59. The van der Waals surface area contributed by atoms with Crippen LogP contribution in [0.3, 0.4) is 0 Å². The van der Waals surface area contributed by atoms with Crippen molar-refractivity contribution >= 4 is 56.5 Å². The van der Waals surface area contributed by atoms with Crippen LogP contribution in [0.5, 0.6) is 11.5 Å². The highest BCUT2D eigenvalue weighted by molar-refractivity contribution is 7.87. The van der Waals surface area contributed by atoms with Crippen molar-refractivity contribution < 1.29 is 23.2 Å². The lowest BCUT2D eigenvalue weighted by Crippen LogP contribution is -2.38. The Bertz CT molecular complexity index is 1180. The van der Waals surface area contributed by atoms with Crippen LogP contribution in [0.4, 0.5) is 0 Å². The maximum Gasteiger partial charge on any atom is 0.283 e. The molecule has 0 aromatic heterocycles. The first-order valence-electron chi connectivity index (χ1n) is 7.88. The van der Waals surface area contributed by atoms with Gasteiger partial charge in [0.15, 0.2) is 4.75 Å². The van der Waals surface area contributed by atoms with Gasteiger partial charge in [-0.3, -0.25) is 4.55 Å². The zero-order chi connectivity index (χ0) is 21.6. The summed E-state index contributed by atoms with van der Waals surface area (Å²) in [4.78, 5) is 0. The highest BCUT2D eigenvalue weighted by Crippen LogP contribution is 2.50. The molecule has 3 N–H and O–H groups in total. The number of benzene rings is 3. The molecule has 0 amide bonds. The quantitative estimate of drug-likeness (QED) is 0.311. The normalized spacial score (nSPS) is 13.8. The fourth-order valence-corrected chi connectivity index (χ4v) is 5.37. The van der Waals surface area contributed by atoms with Gasteiger partial charge in [0.25, 0.3) is 10.1 Å². The Balaban J connectivity index is 2.60. The Morgan fingerprint density at radius 2 is 1.31 bits per heavy atom. The number of halogens is 4. The second-order valence-corrected chi connectivity index (χ2v) is 9.37. The summed E-state index contributed by atoms with van der Waals surface area (Å²) < 4.78 is 34.0. The van der Waals surface area contributed by atoms with Crippen molar-refractivity contribution in [2.75, 3.05) is 0 Å². The molecular formula is C19H12Cl4O5S. The minimum Gasteiger partial charge on any atom is -0.508 e. The lowest BCUT2D eigenvalue weighted by atomic mass is 9.83. The van der Waals surface area contributed by atoms with E-state index in [2.05, 4.69) is 0 Å². The second kappa shape index (κ2) is 7.87. The Morgan fingerprint density at radius 3 is 1.86 bits per heavy atom. The van der Waals surface area contributed by atoms with Crippen LogP contribution in [0.2, 0.25) is 20.1 Å². The number of hydrogen-bond acceptors (Lipinski definition) is 4. The number of rotatable bonds is 4. The Hall–Kier alpha value is -1.67. The van der Waals surface area contributed by atoms with Crippen molar-refractivity contribution in [1.29, 1.82) is 0 Å². The van der Waals surface area contributed by atoms with E-state index >= 15 is 0 Å². The first-order valence-corrected chi connectivity index (χ1v) is 10.8. The van der Waals surface area contributed by atoms with Gasteiger partial charge >= 0.3 is 0 Å². The van der Waals surface area contributed by atoms with Gasteiger partial charge in [0.05, 0.1) is 10.0 Å². The van der Waals surface area contributed by atoms with Gasteiger partial charge in [-0.2, -0.15) is 8.42 Å². The molecular weight excluding hydrogens is 482 g/mol. The fraction of sp³-hybridized carbons (Fsp3) is 0.0526. The molecule has 0 spiro atoms. The third-order valence-electron chi connectivity index (χ3n) is 4.32. The van der Waals surface area contributed by atoms with E-state index in [4.69, 9.17) is 46.4 Å². The van der Waals surface area contributed by atoms with E-state index in [1.165, 1.54) is 36.4 Å². The van der Waals surface area contributed by atoms with Crippen molar-refractivity contribution in [2.24, 2.45) is 0 Å². The van der Waals surface area contributed by atoms with Crippen molar-refractivity contribution in [1.82, 2.24) is 0 Å². The molecule has 0 saturated heterocycles. The summed E-state index contributed by atoms with van der Waals surface area (Å²) in [7, 11) is -5.06. The first-order chi connectivity index (χ1) is 13.5. The van der Waals surface area contributed by atoms with E-state index in [0.717, 1.165) is 18.2 Å². The zero-order valence-corrected chi connectivity index (χ0v) is 18.1. The molecule has 0 bridgehead atoms. The number of hydrogen-bond donors (Lipinski definition) is 3. The van der Waals surface area contributed by atoms with Gasteiger partial charge in [-0.15, -0.1) is 0 Å². The van der Waals surface area contributed by atoms with Crippen molar-refractivity contribution in [2.45, 2.75) is 4.75 Å². The molecule has 10 heteroatoms. The lowest BCUT2D eigenvalue weighted by Gasteiger charge is -2.33. The highest BCUT2D eigenvalue weighted by Gasteiger charge is 2.50. The van der Waals surface area contributed by atoms with Gasteiger partial charge in [-0.25, -0.2) is 0 Å². The lowest BCUT2D eigenvalue weighted by molar-refractivity contribution is 0.455. The van der Waals surface area contributed by atoms with Crippen LogP contribution in [0.25, 0.3) is 0 Å². The summed E-state index contributed by atoms with van der Waals surface area (Å²) in [5.74, 6) is -0.737. The largest absolute Gasteiger partial charge is 0.508 e. The van der Waals surface area contributed by atoms with Crippen LogP contribution < -0.4 is 0 Å². The summed E-state index contributed by atoms with van der Waals surface area (Å²) in [6.45, 7) is 0. The summed E-state index contributed by atoms with van der Waals surface area (Å²) in [5, 5.41) is 20.1. The Labute approximate surface area is 186 Å². The average molecular weight is 494 g/mol. The predicted molar refractivity (Wildman–Crippen MR) is 114 cm³/mol. The van der Waals surface area contributed by atoms with E-state index in [0.29, 0.717) is 5.02 Å². The minimum atomic E-state index is -5.06. The van der Waals surface area contributed by atoms with Gasteiger partial charge in [0.1, 0.15) is 11.5 Å². The van der Waals surface area contributed by atoms with Crippen molar-refractivity contribution in [3.05, 3.63) is 91.4 Å². The monoisotopic (exact) mass is 492 g/mol. The molecule has 0 aliphatic heterocycles. The van der Waals surface area contributed by atoms with Crippen LogP contribution in [0.15, 0.2) is 54.6 Å². The second-order valence-electron chi connectivity index (χ2n) is 6.15. The Morgan fingerprint density at radius 1 is 0.724 bits per heavy atom. The number of phenols is 2. The van der Waals surface area contributed by atoms with E-state index in [-0.39, 0.29) is 43.3 Å². The van der Waals surface area contributed by atoms with Gasteiger partial charge in [0.2, 0.25) is 0 Å². The molecule has 3 aromatic rings. The summed E-state index contributed by atoms with van der Waals surface area (Å²) in [6.07, 6.45) is 0. The molecule has 0 heterocycles. The topological polar surface area (TPSA) is 94.8 Å². The van der Waals surface area contributed by atoms with E-state index in [9.17, 15) is 23.2 Å². The summed E-state index contributed by atoms with van der Waals surface area (Å²) >= 11 is 24.4. The van der Waals surface area contributed by atoms with Gasteiger partial charge < -0.3 is 10.2 Å². The first kappa shape index (κ1) is 22.0. The molecule has 3 rings (SSSR count). The summed E-state index contributed by atoms with van der Waals surface area (Å²) in [6, 6.07) is 11.3. The third-order valence-corrected chi connectivity index (χ3v) is 7.06. The number of aromatic hydroxyl groups is 2. The highest BCUT2D eigenvalue weighted by atomic mass is 35.5. The molecule has 5 nitrogen and oxygen atoms in total. The van der Waals surface area contributed by atoms with Gasteiger partial charge in [-0.05, 0) is 47.5 Å². The maximum atomic E-state index is 13.0. The van der Waals surface area contributed by atoms with Crippen molar-refractivity contribution in [3.63, 3.8) is 0 Å². The van der Waals surface area contributed by atoms with Crippen molar-refractivity contribution in [3.8, 4) is 11.5 Å². The maximum absolute atomic E-state index is 13.0. The molecule has 3 aromatic carbocycles. The minimum absolute atomic E-state index is 0.00404. The molecule has 0 aliphatic carbocycles. The molecule has 0 fully saturated rings. The molecule has 1 unspecified atom stereocenters. The molecule has 29 heavy (non-hydrogen) atoms. The van der Waals surface area contributed by atoms with Crippen LogP contribution in [-0.4, -0.2) is 23.2 Å². The van der Waals surface area contributed by atoms with Crippen LogP contribution in [-0.2, 0) is 14.9 Å².